The Balaban J connectivity index is 3.07. The van der Waals surface area contributed by atoms with E-state index >= 15 is 0 Å². The first-order valence-electron chi connectivity index (χ1n) is 8.46. The maximum Gasteiger partial charge on any atom is 0.159 e. The molecule has 19 heavy (non-hydrogen) atoms. The Labute approximate surface area is 126 Å². The second-order valence-electron chi connectivity index (χ2n) is 5.51. The van der Waals surface area contributed by atoms with Crippen molar-refractivity contribution in [2.45, 2.75) is 97.3 Å². The predicted molar refractivity (Wildman–Crippen MR) is 89.9 cm³/mol. The fourth-order valence-corrected chi connectivity index (χ4v) is 2.42. The van der Waals surface area contributed by atoms with Crippen LogP contribution in [0.2, 0.25) is 0 Å². The van der Waals surface area contributed by atoms with E-state index in [1.54, 1.807) is 0 Å². The molecule has 0 bridgehead atoms. The van der Waals surface area contributed by atoms with Gasteiger partial charge in [-0.3, -0.25) is 0 Å². The number of hydrogen-bond acceptors (Lipinski definition) is 2. The number of unbranched alkanes of at least 4 members (excludes halogenated alkanes) is 10. The second kappa shape index (κ2) is 15.9. The fourth-order valence-electron chi connectivity index (χ4n) is 2.19. The molecule has 0 spiro atoms. The van der Waals surface area contributed by atoms with Crippen LogP contribution in [0.25, 0.3) is 0 Å². The van der Waals surface area contributed by atoms with Gasteiger partial charge in [-0.25, -0.2) is 0 Å². The van der Waals surface area contributed by atoms with Gasteiger partial charge in [0.25, 0.3) is 0 Å². The SMILES string of the molecule is CCCCCCCCCCCOC(=S)CCCCC. The molecular weight excluding hydrogens is 252 g/mol. The molecule has 0 aliphatic carbocycles. The van der Waals surface area contributed by atoms with E-state index in [1.807, 2.05) is 0 Å². The molecule has 0 heterocycles. The summed E-state index contributed by atoms with van der Waals surface area (Å²) in [6.07, 6.45) is 16.9. The summed E-state index contributed by atoms with van der Waals surface area (Å²) in [6, 6.07) is 0. The molecule has 0 aromatic carbocycles. The molecule has 0 aliphatic rings. The van der Waals surface area contributed by atoms with Gasteiger partial charge < -0.3 is 4.74 Å². The van der Waals surface area contributed by atoms with E-state index in [9.17, 15) is 0 Å². The third kappa shape index (κ3) is 15.8. The van der Waals surface area contributed by atoms with Crippen molar-refractivity contribution >= 4 is 17.3 Å². The third-order valence-electron chi connectivity index (χ3n) is 3.50. The van der Waals surface area contributed by atoms with Crippen LogP contribution in [-0.2, 0) is 4.74 Å². The largest absolute Gasteiger partial charge is 0.487 e. The molecule has 0 aliphatic heterocycles. The Kier molecular flexibility index (Phi) is 15.9. The van der Waals surface area contributed by atoms with Crippen LogP contribution in [0.15, 0.2) is 0 Å². The molecule has 1 nitrogen and oxygen atoms in total. The van der Waals surface area contributed by atoms with Gasteiger partial charge in [0.2, 0.25) is 0 Å². The van der Waals surface area contributed by atoms with E-state index in [2.05, 4.69) is 13.8 Å². The van der Waals surface area contributed by atoms with Crippen molar-refractivity contribution in [1.82, 2.24) is 0 Å². The Morgan fingerprint density at radius 1 is 0.684 bits per heavy atom. The summed E-state index contributed by atoms with van der Waals surface area (Å²) in [5.41, 5.74) is 0. The van der Waals surface area contributed by atoms with E-state index in [-0.39, 0.29) is 0 Å². The first-order chi connectivity index (χ1) is 9.31. The van der Waals surface area contributed by atoms with E-state index in [1.165, 1.54) is 77.0 Å². The van der Waals surface area contributed by atoms with Crippen molar-refractivity contribution in [2.75, 3.05) is 6.61 Å². The highest BCUT2D eigenvalue weighted by Crippen LogP contribution is 2.10. The minimum atomic E-state index is 0.827. The van der Waals surface area contributed by atoms with Crippen LogP contribution in [-0.4, -0.2) is 11.7 Å². The molecule has 0 fully saturated rings. The van der Waals surface area contributed by atoms with Gasteiger partial charge in [-0.05, 0) is 25.1 Å². The van der Waals surface area contributed by atoms with Crippen molar-refractivity contribution in [3.05, 3.63) is 0 Å². The van der Waals surface area contributed by atoms with E-state index in [0.29, 0.717) is 0 Å². The lowest BCUT2D eigenvalue weighted by Gasteiger charge is -2.07. The van der Waals surface area contributed by atoms with Gasteiger partial charge in [-0.15, -0.1) is 0 Å². The smallest absolute Gasteiger partial charge is 0.159 e. The number of thiocarbonyl (C=S) groups is 1. The Hall–Kier alpha value is -0.110. The lowest BCUT2D eigenvalue weighted by molar-refractivity contribution is 0.291. The summed E-state index contributed by atoms with van der Waals surface area (Å²) >= 11 is 5.21. The molecule has 0 aromatic rings. The molecule has 2 heteroatoms. The van der Waals surface area contributed by atoms with Crippen molar-refractivity contribution in [3.63, 3.8) is 0 Å². The molecular formula is C17H34OS. The predicted octanol–water partition coefficient (Wildman–Crippen LogP) is 6.44. The van der Waals surface area contributed by atoms with Gasteiger partial charge >= 0.3 is 0 Å². The quantitative estimate of drug-likeness (QED) is 0.268. The topological polar surface area (TPSA) is 9.23 Å². The van der Waals surface area contributed by atoms with E-state index in [0.717, 1.165) is 18.1 Å². The van der Waals surface area contributed by atoms with Crippen LogP contribution in [0.3, 0.4) is 0 Å². The number of ether oxygens (including phenoxy) is 1. The standard InChI is InChI=1S/C17H34OS/c1-3-5-7-8-9-10-11-12-14-16-18-17(19)15-13-6-4-2/h3-16H2,1-2H3. The summed E-state index contributed by atoms with van der Waals surface area (Å²) in [5.74, 6) is 0. The maximum absolute atomic E-state index is 5.58. The average molecular weight is 287 g/mol. The highest BCUT2D eigenvalue weighted by atomic mass is 32.1. The van der Waals surface area contributed by atoms with Crippen molar-refractivity contribution in [2.24, 2.45) is 0 Å². The molecule has 114 valence electrons. The van der Waals surface area contributed by atoms with Crippen molar-refractivity contribution < 1.29 is 4.74 Å². The van der Waals surface area contributed by atoms with Gasteiger partial charge in [0, 0.05) is 6.42 Å². The normalized spacial score (nSPS) is 10.6. The molecule has 0 aromatic heterocycles. The minimum Gasteiger partial charge on any atom is -0.487 e. The molecule has 0 unspecified atom stereocenters. The summed E-state index contributed by atoms with van der Waals surface area (Å²) in [4.78, 5) is 0. The fraction of sp³-hybridized carbons (Fsp3) is 0.941. The number of hydrogen-bond donors (Lipinski definition) is 0. The zero-order valence-corrected chi connectivity index (χ0v) is 14.0. The highest BCUT2D eigenvalue weighted by molar-refractivity contribution is 7.80. The van der Waals surface area contributed by atoms with E-state index in [4.69, 9.17) is 17.0 Å². The van der Waals surface area contributed by atoms with Crippen LogP contribution >= 0.6 is 12.2 Å². The van der Waals surface area contributed by atoms with Crippen LogP contribution in [0.4, 0.5) is 0 Å². The Morgan fingerprint density at radius 2 is 1.16 bits per heavy atom. The van der Waals surface area contributed by atoms with Crippen LogP contribution in [0.5, 0.6) is 0 Å². The molecule has 0 rings (SSSR count). The zero-order valence-electron chi connectivity index (χ0n) is 13.2. The van der Waals surface area contributed by atoms with Crippen LogP contribution < -0.4 is 0 Å². The second-order valence-corrected chi connectivity index (χ2v) is 5.96. The van der Waals surface area contributed by atoms with Gasteiger partial charge in [0.15, 0.2) is 5.05 Å². The van der Waals surface area contributed by atoms with Crippen LogP contribution in [0.1, 0.15) is 97.3 Å². The molecule has 0 amide bonds. The van der Waals surface area contributed by atoms with E-state index < -0.39 is 0 Å². The first-order valence-corrected chi connectivity index (χ1v) is 8.87. The Bertz CT molecular complexity index is 192. The van der Waals surface area contributed by atoms with Crippen molar-refractivity contribution in [1.29, 1.82) is 0 Å². The van der Waals surface area contributed by atoms with Crippen LogP contribution in [0, 0.1) is 0 Å². The summed E-state index contributed by atoms with van der Waals surface area (Å²) in [5, 5.41) is 0.827. The average Bonchev–Trinajstić information content (AvgIpc) is 2.41. The molecule has 0 N–H and O–H groups in total. The maximum atomic E-state index is 5.58. The van der Waals surface area contributed by atoms with Crippen molar-refractivity contribution in [3.8, 4) is 0 Å². The summed E-state index contributed by atoms with van der Waals surface area (Å²) < 4.78 is 5.58. The highest BCUT2D eigenvalue weighted by Gasteiger charge is 1.98. The molecule has 0 saturated heterocycles. The minimum absolute atomic E-state index is 0.827. The zero-order chi connectivity index (χ0) is 14.2. The van der Waals surface area contributed by atoms with Gasteiger partial charge in [-0.2, -0.15) is 0 Å². The number of rotatable bonds is 14. The first kappa shape index (κ1) is 18.9. The lowest BCUT2D eigenvalue weighted by atomic mass is 10.1. The summed E-state index contributed by atoms with van der Waals surface area (Å²) in [7, 11) is 0. The summed E-state index contributed by atoms with van der Waals surface area (Å²) in [6.45, 7) is 5.32. The third-order valence-corrected chi connectivity index (χ3v) is 3.82. The molecule has 0 radical (unpaired) electrons. The lowest BCUT2D eigenvalue weighted by Crippen LogP contribution is -2.03. The van der Waals surface area contributed by atoms with Gasteiger partial charge in [-0.1, -0.05) is 78.1 Å². The molecule has 0 atom stereocenters. The Morgan fingerprint density at radius 3 is 1.74 bits per heavy atom. The molecule has 0 saturated carbocycles. The van der Waals surface area contributed by atoms with Gasteiger partial charge in [0.05, 0.1) is 6.61 Å². The monoisotopic (exact) mass is 286 g/mol. The van der Waals surface area contributed by atoms with Gasteiger partial charge in [0.1, 0.15) is 0 Å².